The summed E-state index contributed by atoms with van der Waals surface area (Å²) >= 11 is 5.60. The Balaban J connectivity index is 2.07. The minimum absolute atomic E-state index is 0.459. The molecule has 1 aromatic rings. The molecule has 0 amide bonds. The lowest BCUT2D eigenvalue weighted by Crippen LogP contribution is -2.35. The molecule has 17 heavy (non-hydrogen) atoms. The second-order valence-corrected chi connectivity index (χ2v) is 7.63. The molecule has 1 aromatic carbocycles. The quantitative estimate of drug-likeness (QED) is 0.849. The molecule has 2 rings (SSSR count). The Labute approximate surface area is 117 Å². The average Bonchev–Trinajstić information content (AvgIpc) is 2.22. The van der Waals surface area contributed by atoms with Gasteiger partial charge in [-0.15, -0.1) is 0 Å². The molecule has 0 bridgehead atoms. The van der Waals surface area contributed by atoms with Crippen LogP contribution in [0.3, 0.4) is 0 Å². The molecule has 3 heteroatoms. The Morgan fingerprint density at radius 2 is 2.18 bits per heavy atom. The number of nitrogens with one attached hydrogen (secondary N) is 1. The van der Waals surface area contributed by atoms with Crippen LogP contribution >= 0.6 is 27.7 Å². The van der Waals surface area contributed by atoms with Crippen molar-refractivity contribution in [3.8, 4) is 0 Å². The van der Waals surface area contributed by atoms with E-state index < -0.39 is 0 Å². The van der Waals surface area contributed by atoms with Crippen molar-refractivity contribution in [2.75, 3.05) is 16.8 Å². The highest BCUT2D eigenvalue weighted by Crippen LogP contribution is 2.35. The van der Waals surface area contributed by atoms with E-state index >= 15 is 0 Å². The van der Waals surface area contributed by atoms with Crippen molar-refractivity contribution in [2.24, 2.45) is 5.41 Å². The van der Waals surface area contributed by atoms with E-state index in [1.807, 2.05) is 0 Å². The maximum Gasteiger partial charge on any atom is 0.0383 e. The molecular weight excluding hydrogens is 294 g/mol. The van der Waals surface area contributed by atoms with Crippen LogP contribution in [0.1, 0.15) is 25.8 Å². The van der Waals surface area contributed by atoms with Crippen LogP contribution in [0.25, 0.3) is 0 Å². The second kappa shape index (κ2) is 5.23. The zero-order valence-corrected chi connectivity index (χ0v) is 13.1. The van der Waals surface area contributed by atoms with Crippen LogP contribution in [0, 0.1) is 12.3 Å². The minimum Gasteiger partial charge on any atom is -0.381 e. The summed E-state index contributed by atoms with van der Waals surface area (Å²) in [5.74, 6) is 2.50. The maximum absolute atomic E-state index is 3.69. The van der Waals surface area contributed by atoms with Crippen LogP contribution in [0.5, 0.6) is 0 Å². The highest BCUT2D eigenvalue weighted by Gasteiger charge is 2.28. The average molecular weight is 314 g/mol. The predicted molar refractivity (Wildman–Crippen MR) is 82.0 cm³/mol. The monoisotopic (exact) mass is 313 g/mol. The van der Waals surface area contributed by atoms with Crippen LogP contribution in [0.4, 0.5) is 5.69 Å². The molecule has 0 spiro atoms. The zero-order chi connectivity index (χ0) is 12.5. The van der Waals surface area contributed by atoms with Crippen LogP contribution in [-0.4, -0.2) is 17.5 Å². The van der Waals surface area contributed by atoms with Gasteiger partial charge in [-0.3, -0.25) is 0 Å². The van der Waals surface area contributed by atoms with Crippen molar-refractivity contribution >= 4 is 33.4 Å². The lowest BCUT2D eigenvalue weighted by Gasteiger charge is -2.35. The third-order valence-electron chi connectivity index (χ3n) is 3.17. The van der Waals surface area contributed by atoms with Gasteiger partial charge in [-0.05, 0) is 42.2 Å². The second-order valence-electron chi connectivity index (χ2n) is 5.68. The largest absolute Gasteiger partial charge is 0.381 e. The summed E-state index contributed by atoms with van der Waals surface area (Å²) in [6, 6.07) is 7.03. The Morgan fingerprint density at radius 1 is 1.41 bits per heavy atom. The van der Waals surface area contributed by atoms with Gasteiger partial charge in [0.05, 0.1) is 0 Å². The van der Waals surface area contributed by atoms with Crippen LogP contribution in [0.15, 0.2) is 22.7 Å². The molecule has 0 aliphatic carbocycles. The van der Waals surface area contributed by atoms with Gasteiger partial charge >= 0.3 is 0 Å². The van der Waals surface area contributed by atoms with E-state index in [4.69, 9.17) is 0 Å². The smallest absolute Gasteiger partial charge is 0.0383 e. The number of thioether (sulfide) groups is 1. The number of benzene rings is 1. The summed E-state index contributed by atoms with van der Waals surface area (Å²) in [6.07, 6.45) is 1.26. The standard InChI is InChI=1S/C14H20BrNS/c1-10-4-5-11(15)6-13(10)16-12-7-14(2,3)9-17-8-12/h4-6,12,16H,7-9H2,1-3H3. The number of rotatable bonds is 2. The van der Waals surface area contributed by atoms with Gasteiger partial charge in [0.15, 0.2) is 0 Å². The van der Waals surface area contributed by atoms with Crippen molar-refractivity contribution in [3.05, 3.63) is 28.2 Å². The number of hydrogen-bond acceptors (Lipinski definition) is 2. The van der Waals surface area contributed by atoms with Gasteiger partial charge in [-0.2, -0.15) is 11.8 Å². The van der Waals surface area contributed by atoms with Gasteiger partial charge in [0.25, 0.3) is 0 Å². The lowest BCUT2D eigenvalue weighted by molar-refractivity contribution is 0.358. The molecule has 1 fully saturated rings. The molecule has 0 aromatic heterocycles. The fourth-order valence-electron chi connectivity index (χ4n) is 2.32. The number of hydrogen-bond donors (Lipinski definition) is 1. The van der Waals surface area contributed by atoms with Gasteiger partial charge < -0.3 is 5.32 Å². The van der Waals surface area contributed by atoms with E-state index in [9.17, 15) is 0 Å². The van der Waals surface area contributed by atoms with E-state index in [1.165, 1.54) is 29.2 Å². The molecule has 1 saturated heterocycles. The van der Waals surface area contributed by atoms with E-state index in [1.54, 1.807) is 0 Å². The molecule has 1 N–H and O–H groups in total. The molecule has 0 radical (unpaired) electrons. The van der Waals surface area contributed by atoms with Gasteiger partial charge in [0.2, 0.25) is 0 Å². The van der Waals surface area contributed by atoms with Gasteiger partial charge in [-0.25, -0.2) is 0 Å². The summed E-state index contributed by atoms with van der Waals surface area (Å²) < 4.78 is 1.15. The number of anilines is 1. The minimum atomic E-state index is 0.459. The normalized spacial score (nSPS) is 23.4. The summed E-state index contributed by atoms with van der Waals surface area (Å²) in [4.78, 5) is 0. The van der Waals surface area contributed by atoms with Gasteiger partial charge in [0, 0.05) is 22.0 Å². The third kappa shape index (κ3) is 3.65. The molecule has 1 aliphatic rings. The summed E-state index contributed by atoms with van der Waals surface area (Å²) in [5, 5.41) is 3.69. The van der Waals surface area contributed by atoms with Crippen molar-refractivity contribution in [1.29, 1.82) is 0 Å². The van der Waals surface area contributed by atoms with Crippen LogP contribution < -0.4 is 5.32 Å². The van der Waals surface area contributed by atoms with E-state index in [-0.39, 0.29) is 0 Å². The Hall–Kier alpha value is -0.150. The van der Waals surface area contributed by atoms with Gasteiger partial charge in [0.1, 0.15) is 0 Å². The molecule has 0 saturated carbocycles. The highest BCUT2D eigenvalue weighted by atomic mass is 79.9. The van der Waals surface area contributed by atoms with Crippen molar-refractivity contribution < 1.29 is 0 Å². The zero-order valence-electron chi connectivity index (χ0n) is 10.7. The first-order valence-corrected chi connectivity index (χ1v) is 8.01. The van der Waals surface area contributed by atoms with Crippen molar-refractivity contribution in [3.63, 3.8) is 0 Å². The van der Waals surface area contributed by atoms with Crippen molar-refractivity contribution in [1.82, 2.24) is 0 Å². The van der Waals surface area contributed by atoms with Gasteiger partial charge in [-0.1, -0.05) is 35.8 Å². The first kappa shape index (κ1) is 13.3. The molecule has 1 nitrogen and oxygen atoms in total. The topological polar surface area (TPSA) is 12.0 Å². The SMILES string of the molecule is Cc1ccc(Br)cc1NC1CSCC(C)(C)C1. The first-order chi connectivity index (χ1) is 7.96. The molecule has 1 heterocycles. The fourth-order valence-corrected chi connectivity index (χ4v) is 3.96. The number of halogens is 1. The van der Waals surface area contributed by atoms with E-state index in [0.29, 0.717) is 11.5 Å². The molecule has 1 aliphatic heterocycles. The van der Waals surface area contributed by atoms with Crippen LogP contribution in [0.2, 0.25) is 0 Å². The Kier molecular flexibility index (Phi) is 4.09. The Morgan fingerprint density at radius 3 is 2.88 bits per heavy atom. The molecular formula is C14H20BrNS. The molecule has 1 atom stereocenters. The van der Waals surface area contributed by atoms with Crippen molar-refractivity contribution in [2.45, 2.75) is 33.2 Å². The number of aryl methyl sites for hydroxylation is 1. The Bertz CT molecular complexity index is 403. The molecule has 94 valence electrons. The highest BCUT2D eigenvalue weighted by molar-refractivity contribution is 9.10. The predicted octanol–water partition coefficient (Wildman–Crippen LogP) is 4.70. The summed E-state index contributed by atoms with van der Waals surface area (Å²) in [6.45, 7) is 6.89. The lowest BCUT2D eigenvalue weighted by atomic mass is 9.87. The third-order valence-corrected chi connectivity index (χ3v) is 5.29. The maximum atomic E-state index is 3.69. The fraction of sp³-hybridized carbons (Fsp3) is 0.571. The van der Waals surface area contributed by atoms with E-state index in [0.717, 1.165) is 4.47 Å². The van der Waals surface area contributed by atoms with E-state index in [2.05, 4.69) is 72.0 Å². The summed E-state index contributed by atoms with van der Waals surface area (Å²) in [7, 11) is 0. The summed E-state index contributed by atoms with van der Waals surface area (Å²) in [5.41, 5.74) is 3.05. The molecule has 1 unspecified atom stereocenters. The van der Waals surface area contributed by atoms with Crippen LogP contribution in [-0.2, 0) is 0 Å². The first-order valence-electron chi connectivity index (χ1n) is 6.07.